The lowest BCUT2D eigenvalue weighted by Crippen LogP contribution is -2.38. The van der Waals surface area contributed by atoms with Crippen molar-refractivity contribution >= 4 is 33.2 Å². The average Bonchev–Trinajstić information content (AvgIpc) is 2.51. The molecular formula is C16H16ClFN2O3S. The molecule has 1 amide bonds. The van der Waals surface area contributed by atoms with Gasteiger partial charge in [0.1, 0.15) is 5.82 Å². The second-order valence-electron chi connectivity index (χ2n) is 5.08. The molecule has 0 fully saturated rings. The molecule has 0 aliphatic carbocycles. The normalized spacial score (nSPS) is 11.1. The Labute approximate surface area is 145 Å². The Hall–Kier alpha value is -2.12. The lowest BCUT2D eigenvalue weighted by atomic mass is 10.2. The first kappa shape index (κ1) is 18.2. The summed E-state index contributed by atoms with van der Waals surface area (Å²) in [5, 5.41) is 3.06. The maximum absolute atomic E-state index is 13.1. The molecule has 0 heterocycles. The molecule has 0 spiro atoms. The maximum atomic E-state index is 13.1. The zero-order valence-corrected chi connectivity index (χ0v) is 14.4. The van der Waals surface area contributed by atoms with Crippen LogP contribution in [0.25, 0.3) is 0 Å². The molecule has 1 N–H and O–H groups in total. The van der Waals surface area contributed by atoms with Gasteiger partial charge in [0.25, 0.3) is 5.91 Å². The van der Waals surface area contributed by atoms with Crippen LogP contribution >= 0.6 is 11.6 Å². The third kappa shape index (κ3) is 4.94. The Kier molecular flexibility index (Phi) is 5.80. The average molecular weight is 371 g/mol. The monoisotopic (exact) mass is 370 g/mol. The summed E-state index contributed by atoms with van der Waals surface area (Å²) in [5.74, 6) is -0.986. The number of sulfonamides is 1. The van der Waals surface area contributed by atoms with Gasteiger partial charge in [-0.25, -0.2) is 12.8 Å². The lowest BCUT2D eigenvalue weighted by molar-refractivity contribution is 0.0954. The highest BCUT2D eigenvalue weighted by Gasteiger charge is 2.17. The standard InChI is InChI=1S/C16H16ClFN2O3S/c1-24(22,23)20(15-7-5-13(17)6-8-15)10-9-19-16(21)12-3-2-4-14(18)11-12/h2-8,11H,9-10H2,1H3,(H,19,21). The topological polar surface area (TPSA) is 66.5 Å². The maximum Gasteiger partial charge on any atom is 0.251 e. The van der Waals surface area contributed by atoms with Crippen molar-refractivity contribution in [2.45, 2.75) is 0 Å². The van der Waals surface area contributed by atoms with Crippen molar-refractivity contribution in [2.24, 2.45) is 0 Å². The first-order valence-electron chi connectivity index (χ1n) is 7.04. The van der Waals surface area contributed by atoms with Gasteiger partial charge in [-0.1, -0.05) is 17.7 Å². The fourth-order valence-corrected chi connectivity index (χ4v) is 3.15. The molecule has 0 aromatic heterocycles. The van der Waals surface area contributed by atoms with Crippen LogP contribution in [0.5, 0.6) is 0 Å². The van der Waals surface area contributed by atoms with E-state index in [2.05, 4.69) is 5.32 Å². The highest BCUT2D eigenvalue weighted by atomic mass is 35.5. The number of nitrogens with zero attached hydrogens (tertiary/aromatic N) is 1. The van der Waals surface area contributed by atoms with Gasteiger partial charge in [-0.3, -0.25) is 9.10 Å². The van der Waals surface area contributed by atoms with Crippen molar-refractivity contribution in [2.75, 3.05) is 23.7 Å². The number of benzene rings is 2. The van der Waals surface area contributed by atoms with Crippen molar-refractivity contribution in [3.05, 3.63) is 64.9 Å². The summed E-state index contributed by atoms with van der Waals surface area (Å²) >= 11 is 5.80. The fraction of sp³-hybridized carbons (Fsp3) is 0.188. The number of halogens is 2. The van der Waals surface area contributed by atoms with Crippen molar-refractivity contribution in [3.8, 4) is 0 Å². The number of carbonyl (C=O) groups is 1. The second-order valence-corrected chi connectivity index (χ2v) is 7.42. The van der Waals surface area contributed by atoms with Gasteiger partial charge < -0.3 is 5.32 Å². The minimum absolute atomic E-state index is 0.0432. The number of amides is 1. The molecule has 0 radical (unpaired) electrons. The summed E-state index contributed by atoms with van der Waals surface area (Å²) in [6, 6.07) is 11.6. The number of carbonyl (C=O) groups excluding carboxylic acids is 1. The Morgan fingerprint density at radius 1 is 1.21 bits per heavy atom. The van der Waals surface area contributed by atoms with Crippen molar-refractivity contribution in [3.63, 3.8) is 0 Å². The van der Waals surface area contributed by atoms with Crippen LogP contribution in [-0.4, -0.2) is 33.7 Å². The van der Waals surface area contributed by atoms with Crippen LogP contribution in [0.15, 0.2) is 48.5 Å². The molecule has 0 aliphatic rings. The highest BCUT2D eigenvalue weighted by Crippen LogP contribution is 2.19. The molecule has 2 aromatic rings. The van der Waals surface area contributed by atoms with E-state index in [1.165, 1.54) is 18.2 Å². The van der Waals surface area contributed by atoms with E-state index in [1.54, 1.807) is 24.3 Å². The molecule has 0 atom stereocenters. The third-order valence-electron chi connectivity index (χ3n) is 3.20. The summed E-state index contributed by atoms with van der Waals surface area (Å²) in [5.41, 5.74) is 0.620. The van der Waals surface area contributed by atoms with Crippen LogP contribution in [0.4, 0.5) is 10.1 Å². The van der Waals surface area contributed by atoms with Gasteiger partial charge in [-0.05, 0) is 42.5 Å². The second kappa shape index (κ2) is 7.63. The number of hydrogen-bond acceptors (Lipinski definition) is 3. The van der Waals surface area contributed by atoms with Crippen LogP contribution in [0.2, 0.25) is 5.02 Å². The summed E-state index contributed by atoms with van der Waals surface area (Å²) < 4.78 is 38.1. The molecule has 0 aliphatic heterocycles. The van der Waals surface area contributed by atoms with E-state index in [0.717, 1.165) is 16.6 Å². The predicted molar refractivity (Wildman–Crippen MR) is 92.4 cm³/mol. The van der Waals surface area contributed by atoms with E-state index in [1.807, 2.05) is 0 Å². The van der Waals surface area contributed by atoms with E-state index < -0.39 is 21.7 Å². The Balaban J connectivity index is 2.04. The number of rotatable bonds is 6. The molecule has 0 saturated carbocycles. The molecule has 24 heavy (non-hydrogen) atoms. The van der Waals surface area contributed by atoms with Gasteiger partial charge in [0.2, 0.25) is 10.0 Å². The lowest BCUT2D eigenvalue weighted by Gasteiger charge is -2.22. The zero-order chi connectivity index (χ0) is 17.7. The van der Waals surface area contributed by atoms with E-state index in [-0.39, 0.29) is 18.7 Å². The first-order valence-corrected chi connectivity index (χ1v) is 9.27. The summed E-state index contributed by atoms with van der Waals surface area (Å²) in [6.07, 6.45) is 1.08. The first-order chi connectivity index (χ1) is 11.3. The van der Waals surface area contributed by atoms with Crippen molar-refractivity contribution in [1.82, 2.24) is 5.32 Å². The van der Waals surface area contributed by atoms with Gasteiger partial charge >= 0.3 is 0 Å². The minimum atomic E-state index is -3.52. The molecule has 0 bridgehead atoms. The van der Waals surface area contributed by atoms with Gasteiger partial charge in [-0.2, -0.15) is 0 Å². The van der Waals surface area contributed by atoms with Crippen molar-refractivity contribution < 1.29 is 17.6 Å². The predicted octanol–water partition coefficient (Wildman–Crippen LogP) is 2.68. The van der Waals surface area contributed by atoms with Gasteiger partial charge in [0.05, 0.1) is 18.5 Å². The molecule has 2 rings (SSSR count). The van der Waals surface area contributed by atoms with Crippen molar-refractivity contribution in [1.29, 1.82) is 0 Å². The number of hydrogen-bond donors (Lipinski definition) is 1. The molecule has 0 unspecified atom stereocenters. The molecule has 5 nitrogen and oxygen atoms in total. The molecular weight excluding hydrogens is 355 g/mol. The number of anilines is 1. The third-order valence-corrected chi connectivity index (χ3v) is 4.65. The molecule has 128 valence electrons. The Morgan fingerprint density at radius 3 is 2.46 bits per heavy atom. The highest BCUT2D eigenvalue weighted by molar-refractivity contribution is 7.92. The van der Waals surface area contributed by atoms with Crippen LogP contribution < -0.4 is 9.62 Å². The summed E-state index contributed by atoms with van der Waals surface area (Å²) in [4.78, 5) is 11.9. The van der Waals surface area contributed by atoms with Crippen LogP contribution in [0, 0.1) is 5.82 Å². The number of nitrogens with one attached hydrogen (secondary N) is 1. The van der Waals surface area contributed by atoms with Gasteiger partial charge in [-0.15, -0.1) is 0 Å². The molecule has 8 heteroatoms. The smallest absolute Gasteiger partial charge is 0.251 e. The van der Waals surface area contributed by atoms with Crippen LogP contribution in [0.1, 0.15) is 10.4 Å². The quantitative estimate of drug-likeness (QED) is 0.850. The fourth-order valence-electron chi connectivity index (χ4n) is 2.10. The van der Waals surface area contributed by atoms with Crippen LogP contribution in [0.3, 0.4) is 0 Å². The minimum Gasteiger partial charge on any atom is -0.350 e. The van der Waals surface area contributed by atoms with E-state index in [0.29, 0.717) is 10.7 Å². The zero-order valence-electron chi connectivity index (χ0n) is 12.9. The Morgan fingerprint density at radius 2 is 1.88 bits per heavy atom. The SMILES string of the molecule is CS(=O)(=O)N(CCNC(=O)c1cccc(F)c1)c1ccc(Cl)cc1. The largest absolute Gasteiger partial charge is 0.350 e. The van der Waals surface area contributed by atoms with Crippen LogP contribution in [-0.2, 0) is 10.0 Å². The summed E-state index contributed by atoms with van der Waals surface area (Å²) in [6.45, 7) is 0.118. The van der Waals surface area contributed by atoms with Gasteiger partial charge in [0.15, 0.2) is 0 Å². The Bertz CT molecular complexity index is 825. The molecule has 0 saturated heterocycles. The summed E-state index contributed by atoms with van der Waals surface area (Å²) in [7, 11) is -3.52. The van der Waals surface area contributed by atoms with Gasteiger partial charge in [0, 0.05) is 17.1 Å². The van der Waals surface area contributed by atoms with E-state index in [4.69, 9.17) is 11.6 Å². The van der Waals surface area contributed by atoms with E-state index >= 15 is 0 Å². The van der Waals surface area contributed by atoms with E-state index in [9.17, 15) is 17.6 Å². The molecule has 2 aromatic carbocycles.